The van der Waals surface area contributed by atoms with Gasteiger partial charge in [0.25, 0.3) is 0 Å². The van der Waals surface area contributed by atoms with Gasteiger partial charge in [0, 0.05) is 18.8 Å². The van der Waals surface area contributed by atoms with Gasteiger partial charge in [-0.05, 0) is 30.5 Å². The number of anilines is 1. The van der Waals surface area contributed by atoms with Gasteiger partial charge in [0.05, 0.1) is 5.97 Å². The third-order valence-electron chi connectivity index (χ3n) is 3.07. The number of nitrogens with zero attached hydrogens (tertiary/aromatic N) is 1. The van der Waals surface area contributed by atoms with Gasteiger partial charge in [-0.25, -0.2) is 0 Å². The molecule has 1 aliphatic heterocycles. The summed E-state index contributed by atoms with van der Waals surface area (Å²) >= 11 is 0. The van der Waals surface area contributed by atoms with Crippen LogP contribution in [0, 0.1) is 0 Å². The molecular formula is C13H16NO2-. The minimum absolute atomic E-state index is 0.249. The molecule has 1 heterocycles. The number of hydrogen-bond acceptors (Lipinski definition) is 3. The fourth-order valence-electron chi connectivity index (χ4n) is 2.14. The number of carbonyl (C=O) groups is 1. The summed E-state index contributed by atoms with van der Waals surface area (Å²) in [6.45, 7) is 2.15. The molecule has 0 aliphatic carbocycles. The van der Waals surface area contributed by atoms with Crippen LogP contribution in [0.1, 0.15) is 36.0 Å². The standard InChI is InChI=1S/C13H17NO2/c15-13(16)11-5-7-12(8-6-11)14-9-3-1-2-4-10-14/h5-8H,1-4,9-10H2,(H,15,16)/p-1. The highest BCUT2D eigenvalue weighted by Gasteiger charge is 2.09. The summed E-state index contributed by atoms with van der Waals surface area (Å²) in [5.74, 6) is -1.11. The molecule has 1 aromatic carbocycles. The summed E-state index contributed by atoms with van der Waals surface area (Å²) < 4.78 is 0. The highest BCUT2D eigenvalue weighted by Crippen LogP contribution is 2.19. The van der Waals surface area contributed by atoms with Crippen LogP contribution < -0.4 is 10.0 Å². The summed E-state index contributed by atoms with van der Waals surface area (Å²) in [4.78, 5) is 12.9. The third kappa shape index (κ3) is 2.54. The molecule has 1 aromatic rings. The monoisotopic (exact) mass is 218 g/mol. The van der Waals surface area contributed by atoms with E-state index in [9.17, 15) is 9.90 Å². The first-order valence-electron chi connectivity index (χ1n) is 5.84. The van der Waals surface area contributed by atoms with E-state index in [2.05, 4.69) is 4.90 Å². The largest absolute Gasteiger partial charge is 0.545 e. The number of carboxylic acid groups (broad SMARTS) is 1. The lowest BCUT2D eigenvalue weighted by Crippen LogP contribution is -2.25. The Morgan fingerprint density at radius 2 is 1.56 bits per heavy atom. The van der Waals surface area contributed by atoms with E-state index in [4.69, 9.17) is 0 Å². The van der Waals surface area contributed by atoms with E-state index in [1.54, 1.807) is 12.1 Å². The predicted molar refractivity (Wildman–Crippen MR) is 61.5 cm³/mol. The molecule has 0 unspecified atom stereocenters. The van der Waals surface area contributed by atoms with E-state index in [1.165, 1.54) is 25.7 Å². The van der Waals surface area contributed by atoms with Crippen LogP contribution in [-0.4, -0.2) is 19.1 Å². The maximum atomic E-state index is 10.6. The Balaban J connectivity index is 2.10. The molecule has 0 aromatic heterocycles. The Bertz CT molecular complexity index is 351. The fourth-order valence-corrected chi connectivity index (χ4v) is 2.14. The van der Waals surface area contributed by atoms with E-state index >= 15 is 0 Å². The molecule has 3 nitrogen and oxygen atoms in total. The lowest BCUT2D eigenvalue weighted by Gasteiger charge is -2.22. The minimum atomic E-state index is -1.11. The van der Waals surface area contributed by atoms with Crippen molar-refractivity contribution in [3.8, 4) is 0 Å². The van der Waals surface area contributed by atoms with Crippen LogP contribution in [0.4, 0.5) is 5.69 Å². The van der Waals surface area contributed by atoms with Gasteiger partial charge < -0.3 is 14.8 Å². The first-order valence-corrected chi connectivity index (χ1v) is 5.84. The molecule has 1 fully saturated rings. The zero-order valence-corrected chi connectivity index (χ0v) is 9.32. The predicted octanol–water partition coefficient (Wildman–Crippen LogP) is 1.43. The van der Waals surface area contributed by atoms with Crippen LogP contribution in [-0.2, 0) is 0 Å². The minimum Gasteiger partial charge on any atom is -0.545 e. The highest BCUT2D eigenvalue weighted by atomic mass is 16.4. The van der Waals surface area contributed by atoms with Crippen LogP contribution in [0.2, 0.25) is 0 Å². The maximum absolute atomic E-state index is 10.6. The molecule has 3 heteroatoms. The molecule has 0 amide bonds. The molecule has 0 saturated carbocycles. The van der Waals surface area contributed by atoms with Crippen molar-refractivity contribution in [2.45, 2.75) is 25.7 Å². The van der Waals surface area contributed by atoms with E-state index in [0.717, 1.165) is 18.8 Å². The molecule has 0 spiro atoms. The Morgan fingerprint density at radius 3 is 2.06 bits per heavy atom. The van der Waals surface area contributed by atoms with Crippen LogP contribution in [0.3, 0.4) is 0 Å². The number of aromatic carboxylic acids is 1. The summed E-state index contributed by atoms with van der Waals surface area (Å²) in [5, 5.41) is 10.6. The van der Waals surface area contributed by atoms with Crippen molar-refractivity contribution < 1.29 is 9.90 Å². The molecule has 0 N–H and O–H groups in total. The van der Waals surface area contributed by atoms with Gasteiger partial charge in [-0.1, -0.05) is 25.0 Å². The summed E-state index contributed by atoms with van der Waals surface area (Å²) in [6, 6.07) is 6.98. The highest BCUT2D eigenvalue weighted by molar-refractivity contribution is 5.86. The van der Waals surface area contributed by atoms with Gasteiger partial charge >= 0.3 is 0 Å². The quantitative estimate of drug-likeness (QED) is 0.754. The molecule has 86 valence electrons. The summed E-state index contributed by atoms with van der Waals surface area (Å²) in [7, 11) is 0. The zero-order valence-electron chi connectivity index (χ0n) is 9.32. The van der Waals surface area contributed by atoms with Crippen molar-refractivity contribution in [1.82, 2.24) is 0 Å². The molecule has 0 bridgehead atoms. The van der Waals surface area contributed by atoms with Crippen LogP contribution in [0.25, 0.3) is 0 Å². The Hall–Kier alpha value is -1.51. The van der Waals surface area contributed by atoms with Crippen molar-refractivity contribution in [2.24, 2.45) is 0 Å². The molecule has 1 saturated heterocycles. The normalized spacial score (nSPS) is 16.9. The van der Waals surface area contributed by atoms with E-state index in [-0.39, 0.29) is 5.56 Å². The number of rotatable bonds is 2. The first kappa shape index (κ1) is 11.0. The summed E-state index contributed by atoms with van der Waals surface area (Å²) in [5.41, 5.74) is 1.37. The van der Waals surface area contributed by atoms with E-state index < -0.39 is 5.97 Å². The molecule has 16 heavy (non-hydrogen) atoms. The molecular weight excluding hydrogens is 202 g/mol. The van der Waals surface area contributed by atoms with Crippen LogP contribution >= 0.6 is 0 Å². The lowest BCUT2D eigenvalue weighted by atomic mass is 10.2. The number of benzene rings is 1. The average Bonchev–Trinajstić information content (AvgIpc) is 2.57. The van der Waals surface area contributed by atoms with Gasteiger partial charge in [0.2, 0.25) is 0 Å². The van der Waals surface area contributed by atoms with Crippen molar-refractivity contribution in [2.75, 3.05) is 18.0 Å². The number of carbonyl (C=O) groups excluding carboxylic acids is 1. The molecule has 1 aliphatic rings. The van der Waals surface area contributed by atoms with Gasteiger partial charge in [-0.2, -0.15) is 0 Å². The molecule has 2 rings (SSSR count). The van der Waals surface area contributed by atoms with Crippen molar-refractivity contribution in [3.63, 3.8) is 0 Å². The Morgan fingerprint density at radius 1 is 1.00 bits per heavy atom. The molecule has 0 atom stereocenters. The number of hydrogen-bond donors (Lipinski definition) is 0. The molecule has 0 radical (unpaired) electrons. The fraction of sp³-hybridized carbons (Fsp3) is 0.462. The van der Waals surface area contributed by atoms with Crippen LogP contribution in [0.5, 0.6) is 0 Å². The van der Waals surface area contributed by atoms with Crippen molar-refractivity contribution in [1.29, 1.82) is 0 Å². The van der Waals surface area contributed by atoms with Gasteiger partial charge in [-0.3, -0.25) is 0 Å². The first-order chi connectivity index (χ1) is 7.77. The smallest absolute Gasteiger partial charge is 0.0715 e. The van der Waals surface area contributed by atoms with Gasteiger partial charge in [0.15, 0.2) is 0 Å². The van der Waals surface area contributed by atoms with Crippen molar-refractivity contribution >= 4 is 11.7 Å². The van der Waals surface area contributed by atoms with E-state index in [1.807, 2.05) is 12.1 Å². The SMILES string of the molecule is O=C([O-])c1ccc(N2CCCCCC2)cc1. The van der Waals surface area contributed by atoms with Crippen molar-refractivity contribution in [3.05, 3.63) is 29.8 Å². The second-order valence-corrected chi connectivity index (χ2v) is 4.24. The van der Waals surface area contributed by atoms with E-state index in [0.29, 0.717) is 0 Å². The lowest BCUT2D eigenvalue weighted by molar-refractivity contribution is -0.255. The number of carboxylic acids is 1. The zero-order chi connectivity index (χ0) is 11.4. The maximum Gasteiger partial charge on any atom is 0.0715 e. The third-order valence-corrected chi connectivity index (χ3v) is 3.07. The Kier molecular flexibility index (Phi) is 3.44. The Labute approximate surface area is 95.7 Å². The van der Waals surface area contributed by atoms with Gasteiger partial charge in [0.1, 0.15) is 0 Å². The van der Waals surface area contributed by atoms with Gasteiger partial charge in [-0.15, -0.1) is 0 Å². The second kappa shape index (κ2) is 5.01. The van der Waals surface area contributed by atoms with Crippen LogP contribution in [0.15, 0.2) is 24.3 Å². The topological polar surface area (TPSA) is 43.4 Å². The summed E-state index contributed by atoms with van der Waals surface area (Å²) in [6.07, 6.45) is 5.05. The average molecular weight is 218 g/mol. The second-order valence-electron chi connectivity index (χ2n) is 4.24.